The van der Waals surface area contributed by atoms with E-state index in [9.17, 15) is 26.6 Å². The monoisotopic (exact) mass is 472 g/mol. The summed E-state index contributed by atoms with van der Waals surface area (Å²) in [6, 6.07) is 7.38. The summed E-state index contributed by atoms with van der Waals surface area (Å²) in [7, 11) is -1.58. The number of nitrogens with one attached hydrogen (secondary N) is 1. The molecule has 1 aliphatic heterocycles. The summed E-state index contributed by atoms with van der Waals surface area (Å²) in [5.74, 6) is -1.07. The van der Waals surface area contributed by atoms with Gasteiger partial charge in [0.25, 0.3) is 5.91 Å². The van der Waals surface area contributed by atoms with Gasteiger partial charge in [0, 0.05) is 24.1 Å². The molecule has 0 aliphatic carbocycles. The molecule has 2 unspecified atom stereocenters. The Hall–Kier alpha value is -2.62. The molecule has 174 valence electrons. The van der Waals surface area contributed by atoms with Crippen molar-refractivity contribution in [3.63, 3.8) is 0 Å². The van der Waals surface area contributed by atoms with Crippen molar-refractivity contribution in [3.8, 4) is 5.75 Å². The summed E-state index contributed by atoms with van der Waals surface area (Å²) in [5.41, 5.74) is 0.288. The Morgan fingerprint density at radius 2 is 1.94 bits per heavy atom. The first kappa shape index (κ1) is 24.0. The maximum absolute atomic E-state index is 14.5. The van der Waals surface area contributed by atoms with Crippen LogP contribution in [0.3, 0.4) is 0 Å². The summed E-state index contributed by atoms with van der Waals surface area (Å²) >= 11 is 0. The molecule has 2 aromatic carbocycles. The predicted molar refractivity (Wildman–Crippen MR) is 115 cm³/mol. The normalized spacial score (nSPS) is 17.3. The molecule has 0 spiro atoms. The third kappa shape index (κ3) is 5.59. The predicted octanol–water partition coefficient (Wildman–Crippen LogP) is 4.61. The third-order valence-corrected chi connectivity index (χ3v) is 6.25. The highest BCUT2D eigenvalue weighted by atomic mass is 32.2. The molecule has 2 atom stereocenters. The van der Waals surface area contributed by atoms with Gasteiger partial charge in [0.15, 0.2) is 0 Å². The van der Waals surface area contributed by atoms with Crippen LogP contribution in [0.1, 0.15) is 41.3 Å². The molecule has 1 heterocycles. The van der Waals surface area contributed by atoms with Crippen LogP contribution in [-0.4, -0.2) is 35.1 Å². The Kier molecular flexibility index (Phi) is 7.43. The molecule has 1 saturated heterocycles. The zero-order valence-electron chi connectivity index (χ0n) is 17.7. The quantitative estimate of drug-likeness (QED) is 0.598. The minimum absolute atomic E-state index is 0.0795. The number of rotatable bonds is 7. The molecule has 0 aromatic heterocycles. The van der Waals surface area contributed by atoms with E-state index < -0.39 is 34.4 Å². The highest BCUT2D eigenvalue weighted by Gasteiger charge is 2.31. The lowest BCUT2D eigenvalue weighted by Gasteiger charge is -2.27. The minimum atomic E-state index is -4.39. The van der Waals surface area contributed by atoms with Gasteiger partial charge in [-0.05, 0) is 55.7 Å². The first-order chi connectivity index (χ1) is 15.1. The van der Waals surface area contributed by atoms with Crippen LogP contribution in [0.25, 0.3) is 0 Å². The third-order valence-electron chi connectivity index (χ3n) is 5.31. The molecule has 0 bridgehead atoms. The average molecular weight is 473 g/mol. The fraction of sp³-hybridized carbons (Fsp3) is 0.409. The van der Waals surface area contributed by atoms with E-state index in [1.54, 1.807) is 13.8 Å². The Morgan fingerprint density at radius 3 is 2.56 bits per heavy atom. The van der Waals surface area contributed by atoms with Crippen molar-refractivity contribution < 1.29 is 31.3 Å². The second kappa shape index (κ2) is 9.89. The Balaban J connectivity index is 1.68. The second-order valence-electron chi connectivity index (χ2n) is 7.51. The van der Waals surface area contributed by atoms with E-state index in [1.165, 1.54) is 18.2 Å². The lowest BCUT2D eigenvalue weighted by atomic mass is 10.1. The number of carbonyl (C=O) groups is 1. The van der Waals surface area contributed by atoms with Gasteiger partial charge in [0.1, 0.15) is 29.2 Å². The van der Waals surface area contributed by atoms with Gasteiger partial charge in [0.05, 0.1) is 17.2 Å². The molecule has 3 rings (SSSR count). The van der Waals surface area contributed by atoms with Crippen molar-refractivity contribution in [2.75, 3.05) is 23.8 Å². The zero-order valence-corrected chi connectivity index (χ0v) is 18.5. The van der Waals surface area contributed by atoms with Gasteiger partial charge in [-0.25, -0.2) is 8.60 Å². The van der Waals surface area contributed by atoms with E-state index in [-0.39, 0.29) is 29.7 Å². The molecule has 0 radical (unpaired) electrons. The van der Waals surface area contributed by atoms with Gasteiger partial charge in [-0.3, -0.25) is 9.52 Å². The standard InChI is InChI=1S/C22H24F4N2O3S/c1-3-32(30)27-21(29)18-11-14(2)20(12-19(18)23)31-13-17-5-4-10-28(17)16-8-6-15(7-9-16)22(24,25)26/h6-9,11-12,17H,3-5,10,13H2,1-2H3,(H,27,29). The molecular formula is C22H24F4N2O3S. The summed E-state index contributed by atoms with van der Waals surface area (Å²) in [6.45, 7) is 4.20. The molecule has 1 aliphatic rings. The number of halogens is 4. The highest BCUT2D eigenvalue weighted by Crippen LogP contribution is 2.33. The average Bonchev–Trinajstić information content (AvgIpc) is 3.21. The molecule has 5 nitrogen and oxygen atoms in total. The molecule has 0 saturated carbocycles. The number of carbonyl (C=O) groups excluding carboxylic acids is 1. The largest absolute Gasteiger partial charge is 0.491 e. The van der Waals surface area contributed by atoms with Crippen LogP contribution in [0.15, 0.2) is 36.4 Å². The SMILES string of the molecule is CCS(=O)NC(=O)c1cc(C)c(OCC2CCCN2c2ccc(C(F)(F)F)cc2)cc1F. The number of anilines is 1. The molecule has 2 aromatic rings. The van der Waals surface area contributed by atoms with Crippen molar-refractivity contribution in [2.24, 2.45) is 0 Å². The van der Waals surface area contributed by atoms with Gasteiger partial charge in [0.2, 0.25) is 0 Å². The van der Waals surface area contributed by atoms with Crippen LogP contribution in [0, 0.1) is 12.7 Å². The molecule has 1 N–H and O–H groups in total. The number of alkyl halides is 3. The molecule has 1 fully saturated rings. The lowest BCUT2D eigenvalue weighted by molar-refractivity contribution is -0.137. The van der Waals surface area contributed by atoms with Crippen molar-refractivity contribution in [1.82, 2.24) is 4.72 Å². The smallest absolute Gasteiger partial charge is 0.416 e. The van der Waals surface area contributed by atoms with Gasteiger partial charge in [-0.1, -0.05) is 6.92 Å². The van der Waals surface area contributed by atoms with E-state index in [4.69, 9.17) is 4.74 Å². The molecular weight excluding hydrogens is 448 g/mol. The number of amides is 1. The van der Waals surface area contributed by atoms with E-state index >= 15 is 0 Å². The first-order valence-electron chi connectivity index (χ1n) is 10.2. The van der Waals surface area contributed by atoms with E-state index in [0.29, 0.717) is 17.8 Å². The fourth-order valence-corrected chi connectivity index (χ4v) is 4.06. The number of nitrogens with zero attached hydrogens (tertiary/aromatic N) is 1. The van der Waals surface area contributed by atoms with Gasteiger partial charge < -0.3 is 9.64 Å². The van der Waals surface area contributed by atoms with Crippen molar-refractivity contribution in [3.05, 3.63) is 58.9 Å². The first-order valence-corrected chi connectivity index (χ1v) is 11.5. The summed E-state index contributed by atoms with van der Waals surface area (Å²) in [4.78, 5) is 14.1. The molecule has 10 heteroatoms. The van der Waals surface area contributed by atoms with Crippen LogP contribution < -0.4 is 14.4 Å². The van der Waals surface area contributed by atoms with E-state index in [2.05, 4.69) is 4.72 Å². The topological polar surface area (TPSA) is 58.6 Å². The number of hydrogen-bond donors (Lipinski definition) is 1. The van der Waals surface area contributed by atoms with Crippen LogP contribution in [0.5, 0.6) is 5.75 Å². The summed E-state index contributed by atoms with van der Waals surface area (Å²) in [6.07, 6.45) is -2.75. The van der Waals surface area contributed by atoms with E-state index in [0.717, 1.165) is 31.0 Å². The zero-order chi connectivity index (χ0) is 23.5. The van der Waals surface area contributed by atoms with Crippen LogP contribution in [0.2, 0.25) is 0 Å². The number of aryl methyl sites for hydroxylation is 1. The van der Waals surface area contributed by atoms with E-state index in [1.807, 2.05) is 4.90 Å². The van der Waals surface area contributed by atoms with Crippen molar-refractivity contribution >= 4 is 22.6 Å². The lowest BCUT2D eigenvalue weighted by Crippen LogP contribution is -2.34. The number of benzene rings is 2. The number of ether oxygens (including phenoxy) is 1. The highest BCUT2D eigenvalue weighted by molar-refractivity contribution is 7.83. The number of hydrogen-bond acceptors (Lipinski definition) is 4. The maximum Gasteiger partial charge on any atom is 0.416 e. The summed E-state index contributed by atoms with van der Waals surface area (Å²) in [5, 5.41) is 0. The van der Waals surface area contributed by atoms with Gasteiger partial charge in [-0.2, -0.15) is 13.2 Å². The second-order valence-corrected chi connectivity index (χ2v) is 8.98. The Bertz CT molecular complexity index is 996. The maximum atomic E-state index is 14.5. The van der Waals surface area contributed by atoms with Crippen LogP contribution in [0.4, 0.5) is 23.2 Å². The molecule has 1 amide bonds. The van der Waals surface area contributed by atoms with Crippen LogP contribution >= 0.6 is 0 Å². The van der Waals surface area contributed by atoms with Crippen LogP contribution in [-0.2, 0) is 17.2 Å². The van der Waals surface area contributed by atoms with Crippen molar-refractivity contribution in [2.45, 2.75) is 38.9 Å². The Morgan fingerprint density at radius 1 is 1.25 bits per heavy atom. The van der Waals surface area contributed by atoms with Gasteiger partial charge in [-0.15, -0.1) is 0 Å². The van der Waals surface area contributed by atoms with Gasteiger partial charge >= 0.3 is 6.18 Å². The fourth-order valence-electron chi connectivity index (χ4n) is 3.60. The molecule has 32 heavy (non-hydrogen) atoms. The Labute approximate surface area is 186 Å². The summed E-state index contributed by atoms with van der Waals surface area (Å²) < 4.78 is 72.4. The van der Waals surface area contributed by atoms with Crippen molar-refractivity contribution in [1.29, 1.82) is 0 Å². The minimum Gasteiger partial charge on any atom is -0.491 e.